The number of aryl methyl sites for hydroxylation is 1. The van der Waals surface area contributed by atoms with Crippen molar-refractivity contribution in [3.63, 3.8) is 0 Å². The molecule has 0 saturated heterocycles. The van der Waals surface area contributed by atoms with Gasteiger partial charge in [-0.25, -0.2) is 9.97 Å². The van der Waals surface area contributed by atoms with Gasteiger partial charge in [0.25, 0.3) is 5.91 Å². The van der Waals surface area contributed by atoms with Crippen LogP contribution in [-0.2, 0) is 6.54 Å². The van der Waals surface area contributed by atoms with Crippen molar-refractivity contribution in [1.29, 1.82) is 0 Å². The zero-order valence-corrected chi connectivity index (χ0v) is 13.4. The van der Waals surface area contributed by atoms with E-state index in [9.17, 15) is 4.79 Å². The molecular formula is C13H16ClN5OS. The van der Waals surface area contributed by atoms with Crippen LogP contribution in [0.25, 0.3) is 0 Å². The molecule has 0 aliphatic carbocycles. The summed E-state index contributed by atoms with van der Waals surface area (Å²) in [7, 11) is 0. The summed E-state index contributed by atoms with van der Waals surface area (Å²) in [4.78, 5) is 20.6. The minimum Gasteiger partial charge on any atom is -0.349 e. The van der Waals surface area contributed by atoms with Crippen LogP contribution in [0.3, 0.4) is 0 Å². The molecule has 2 aromatic rings. The number of rotatable bonds is 6. The predicted molar refractivity (Wildman–Crippen MR) is 82.7 cm³/mol. The van der Waals surface area contributed by atoms with Crippen LogP contribution in [0.5, 0.6) is 0 Å². The molecule has 0 aliphatic heterocycles. The second kappa shape index (κ2) is 7.42. The summed E-state index contributed by atoms with van der Waals surface area (Å²) in [5.74, 6) is 0.654. The lowest BCUT2D eigenvalue weighted by molar-refractivity contribution is 0.0946. The van der Waals surface area contributed by atoms with Crippen LogP contribution in [0, 0.1) is 6.92 Å². The maximum atomic E-state index is 12.1. The molecule has 0 aromatic carbocycles. The van der Waals surface area contributed by atoms with E-state index < -0.39 is 0 Å². The largest absolute Gasteiger partial charge is 0.349 e. The highest BCUT2D eigenvalue weighted by atomic mass is 35.5. The van der Waals surface area contributed by atoms with E-state index in [1.807, 2.05) is 13.8 Å². The normalized spacial score (nSPS) is 10.6. The zero-order chi connectivity index (χ0) is 15.2. The van der Waals surface area contributed by atoms with Crippen molar-refractivity contribution in [3.8, 4) is 0 Å². The van der Waals surface area contributed by atoms with E-state index in [0.29, 0.717) is 29.0 Å². The molecule has 1 N–H and O–H groups in total. The topological polar surface area (TPSA) is 72.7 Å². The van der Waals surface area contributed by atoms with Crippen LogP contribution in [0.2, 0.25) is 5.02 Å². The number of nitrogens with zero attached hydrogens (tertiary/aromatic N) is 4. The van der Waals surface area contributed by atoms with Gasteiger partial charge < -0.3 is 5.32 Å². The van der Waals surface area contributed by atoms with Crippen molar-refractivity contribution in [1.82, 2.24) is 25.1 Å². The van der Waals surface area contributed by atoms with Gasteiger partial charge in [0.05, 0.1) is 17.8 Å². The Balaban J connectivity index is 1.93. The van der Waals surface area contributed by atoms with Gasteiger partial charge in [-0.05, 0) is 18.7 Å². The monoisotopic (exact) mass is 325 g/mol. The lowest BCUT2D eigenvalue weighted by Gasteiger charge is -2.07. The first-order valence-corrected chi connectivity index (χ1v) is 7.89. The van der Waals surface area contributed by atoms with Gasteiger partial charge in [-0.1, -0.05) is 30.3 Å². The van der Waals surface area contributed by atoms with Gasteiger partial charge in [-0.15, -0.1) is 0 Å². The van der Waals surface area contributed by atoms with Crippen molar-refractivity contribution < 1.29 is 4.79 Å². The molecule has 0 saturated carbocycles. The number of halogens is 1. The maximum absolute atomic E-state index is 12.1. The molecule has 2 heterocycles. The number of hydrogen-bond donors (Lipinski definition) is 1. The first-order valence-electron chi connectivity index (χ1n) is 6.53. The average molecular weight is 326 g/mol. The highest BCUT2D eigenvalue weighted by molar-refractivity contribution is 7.99. The molecule has 8 heteroatoms. The smallest absolute Gasteiger partial charge is 0.270 e. The number of amides is 1. The first-order chi connectivity index (χ1) is 10.1. The molecule has 1 amide bonds. The summed E-state index contributed by atoms with van der Waals surface area (Å²) in [5, 5.41) is 8.06. The maximum Gasteiger partial charge on any atom is 0.270 e. The SMILES string of the molecule is CCSc1nc(C)cc(C(=O)NCCn2cc(Cl)cn2)n1. The molecule has 0 fully saturated rings. The van der Waals surface area contributed by atoms with Crippen LogP contribution in [0.1, 0.15) is 23.1 Å². The fraction of sp³-hybridized carbons (Fsp3) is 0.385. The predicted octanol–water partition coefficient (Wildman–Crippen LogP) is 2.18. The van der Waals surface area contributed by atoms with Gasteiger partial charge in [0.15, 0.2) is 5.16 Å². The van der Waals surface area contributed by atoms with E-state index in [1.165, 1.54) is 11.8 Å². The second-order valence-corrected chi connectivity index (χ2v) is 5.96. The molecule has 112 valence electrons. The first kappa shape index (κ1) is 15.8. The number of carbonyl (C=O) groups is 1. The van der Waals surface area contributed by atoms with Gasteiger partial charge in [-0.3, -0.25) is 9.48 Å². The van der Waals surface area contributed by atoms with Crippen LogP contribution < -0.4 is 5.32 Å². The van der Waals surface area contributed by atoms with Crippen LogP contribution >= 0.6 is 23.4 Å². The Morgan fingerprint density at radius 3 is 2.95 bits per heavy atom. The van der Waals surface area contributed by atoms with E-state index >= 15 is 0 Å². The molecule has 0 aliphatic rings. The third-order valence-corrected chi connectivity index (χ3v) is 3.49. The van der Waals surface area contributed by atoms with Crippen molar-refractivity contribution in [2.24, 2.45) is 0 Å². The third-order valence-electron chi connectivity index (χ3n) is 2.57. The summed E-state index contributed by atoms with van der Waals surface area (Å²) in [6.07, 6.45) is 3.27. The summed E-state index contributed by atoms with van der Waals surface area (Å²) < 4.78 is 1.67. The quantitative estimate of drug-likeness (QED) is 0.651. The number of hydrogen-bond acceptors (Lipinski definition) is 5. The minimum atomic E-state index is -0.211. The van der Waals surface area contributed by atoms with Gasteiger partial charge in [0.2, 0.25) is 0 Å². The van der Waals surface area contributed by atoms with Gasteiger partial charge >= 0.3 is 0 Å². The molecule has 0 spiro atoms. The molecule has 21 heavy (non-hydrogen) atoms. The Labute approximate surface area is 132 Å². The van der Waals surface area contributed by atoms with Crippen LogP contribution in [-0.4, -0.2) is 38.0 Å². The second-order valence-electron chi connectivity index (χ2n) is 4.29. The Bertz CT molecular complexity index is 631. The van der Waals surface area contributed by atoms with Crippen molar-refractivity contribution in [3.05, 3.63) is 34.9 Å². The Kier molecular flexibility index (Phi) is 5.58. The lowest BCUT2D eigenvalue weighted by Crippen LogP contribution is -2.28. The molecule has 2 rings (SSSR count). The lowest BCUT2D eigenvalue weighted by atomic mass is 10.3. The zero-order valence-electron chi connectivity index (χ0n) is 11.8. The van der Waals surface area contributed by atoms with Gasteiger partial charge in [-0.2, -0.15) is 5.10 Å². The molecule has 0 bridgehead atoms. The van der Waals surface area contributed by atoms with Crippen LogP contribution in [0.15, 0.2) is 23.6 Å². The van der Waals surface area contributed by atoms with E-state index in [0.717, 1.165) is 11.4 Å². The molecule has 2 aromatic heterocycles. The van der Waals surface area contributed by atoms with Crippen molar-refractivity contribution in [2.45, 2.75) is 25.5 Å². The van der Waals surface area contributed by atoms with E-state index in [-0.39, 0.29) is 5.91 Å². The Hall–Kier alpha value is -1.60. The van der Waals surface area contributed by atoms with E-state index in [2.05, 4.69) is 20.4 Å². The molecular weight excluding hydrogens is 310 g/mol. The van der Waals surface area contributed by atoms with E-state index in [1.54, 1.807) is 23.1 Å². The third kappa shape index (κ3) is 4.71. The number of nitrogens with one attached hydrogen (secondary N) is 1. The molecule has 0 unspecified atom stereocenters. The Morgan fingerprint density at radius 1 is 1.48 bits per heavy atom. The summed E-state index contributed by atoms with van der Waals surface area (Å²) >= 11 is 7.29. The van der Waals surface area contributed by atoms with Crippen molar-refractivity contribution in [2.75, 3.05) is 12.3 Å². The number of thioether (sulfide) groups is 1. The highest BCUT2D eigenvalue weighted by Gasteiger charge is 2.10. The summed E-state index contributed by atoms with van der Waals surface area (Å²) in [6, 6.07) is 1.68. The van der Waals surface area contributed by atoms with Gasteiger partial charge in [0.1, 0.15) is 5.69 Å². The fourth-order valence-electron chi connectivity index (χ4n) is 1.69. The molecule has 0 radical (unpaired) electrons. The van der Waals surface area contributed by atoms with Gasteiger partial charge in [0, 0.05) is 18.4 Å². The van der Waals surface area contributed by atoms with Crippen molar-refractivity contribution >= 4 is 29.3 Å². The minimum absolute atomic E-state index is 0.211. The standard InChI is InChI=1S/C13H16ClN5OS/c1-3-21-13-17-9(2)6-11(18-13)12(20)15-4-5-19-8-10(14)7-16-19/h6-8H,3-5H2,1-2H3,(H,15,20). The summed E-state index contributed by atoms with van der Waals surface area (Å²) in [5.41, 5.74) is 1.17. The Morgan fingerprint density at radius 2 is 2.29 bits per heavy atom. The average Bonchev–Trinajstić information content (AvgIpc) is 2.84. The molecule has 6 nitrogen and oxygen atoms in total. The van der Waals surface area contributed by atoms with E-state index in [4.69, 9.17) is 11.6 Å². The molecule has 0 atom stereocenters. The highest BCUT2D eigenvalue weighted by Crippen LogP contribution is 2.13. The summed E-state index contributed by atoms with van der Waals surface area (Å²) in [6.45, 7) is 4.88. The number of carbonyl (C=O) groups excluding carboxylic acids is 1. The van der Waals surface area contributed by atoms with Crippen LogP contribution in [0.4, 0.5) is 0 Å². The fourth-order valence-corrected chi connectivity index (χ4v) is 2.47. The number of aromatic nitrogens is 4.